The molecule has 0 unspecified atom stereocenters. The molecule has 2 amide bonds. The molecule has 2 aliphatic heterocycles. The van der Waals surface area contributed by atoms with Crippen LogP contribution < -0.4 is 10.1 Å². The number of rotatable bonds is 5. The Morgan fingerprint density at radius 2 is 2.03 bits per heavy atom. The molecule has 3 heterocycles. The quantitative estimate of drug-likeness (QED) is 0.737. The van der Waals surface area contributed by atoms with Crippen molar-refractivity contribution < 1.29 is 14.3 Å². The van der Waals surface area contributed by atoms with Gasteiger partial charge in [0.05, 0.1) is 13.2 Å². The second kappa shape index (κ2) is 12.0. The SMILES string of the molecule is CN(CCc1ccccn1)C(=O)C[C@@H]1CCN2C[C@@H]1CCCOc1ccccc1CNCC2=O. The second-order valence-electron chi connectivity index (χ2n) is 9.44. The number of para-hydroxylation sites is 1. The van der Waals surface area contributed by atoms with E-state index in [0.29, 0.717) is 44.5 Å². The van der Waals surface area contributed by atoms with Gasteiger partial charge in [-0.05, 0) is 49.3 Å². The molecule has 0 spiro atoms. The summed E-state index contributed by atoms with van der Waals surface area (Å²) in [5.41, 5.74) is 2.07. The number of nitrogens with one attached hydrogen (secondary N) is 1. The van der Waals surface area contributed by atoms with E-state index in [2.05, 4.69) is 10.3 Å². The first-order chi connectivity index (χ1) is 16.6. The maximum absolute atomic E-state index is 13.0. The zero-order valence-electron chi connectivity index (χ0n) is 20.1. The number of hydrogen-bond donors (Lipinski definition) is 1. The summed E-state index contributed by atoms with van der Waals surface area (Å²) in [5.74, 6) is 1.80. The van der Waals surface area contributed by atoms with Gasteiger partial charge in [-0.3, -0.25) is 14.6 Å². The zero-order valence-corrected chi connectivity index (χ0v) is 20.1. The highest BCUT2D eigenvalue weighted by Gasteiger charge is 2.33. The van der Waals surface area contributed by atoms with Gasteiger partial charge in [0.15, 0.2) is 0 Å². The fourth-order valence-electron chi connectivity index (χ4n) is 4.97. The monoisotopic (exact) mass is 464 g/mol. The van der Waals surface area contributed by atoms with Crippen LogP contribution in [-0.4, -0.2) is 66.4 Å². The predicted octanol–water partition coefficient (Wildman–Crippen LogP) is 2.90. The van der Waals surface area contributed by atoms with E-state index in [1.807, 2.05) is 59.3 Å². The van der Waals surface area contributed by atoms with Gasteiger partial charge in [-0.25, -0.2) is 0 Å². The van der Waals surface area contributed by atoms with Crippen LogP contribution >= 0.6 is 0 Å². The lowest BCUT2D eigenvalue weighted by Gasteiger charge is -2.39. The lowest BCUT2D eigenvalue weighted by molar-refractivity contribution is -0.134. The summed E-state index contributed by atoms with van der Waals surface area (Å²) in [6.07, 6.45) is 5.81. The number of hydrogen-bond acceptors (Lipinski definition) is 5. The Morgan fingerprint density at radius 1 is 1.18 bits per heavy atom. The van der Waals surface area contributed by atoms with Crippen LogP contribution in [0.15, 0.2) is 48.7 Å². The second-order valence-corrected chi connectivity index (χ2v) is 9.44. The third kappa shape index (κ3) is 6.56. The van der Waals surface area contributed by atoms with Crippen LogP contribution in [0.4, 0.5) is 0 Å². The van der Waals surface area contributed by atoms with Crippen LogP contribution in [0.5, 0.6) is 5.75 Å². The van der Waals surface area contributed by atoms with E-state index in [0.717, 1.165) is 55.8 Å². The number of aromatic nitrogens is 1. The highest BCUT2D eigenvalue weighted by molar-refractivity contribution is 5.78. The number of carbonyl (C=O) groups excluding carboxylic acids is 2. The van der Waals surface area contributed by atoms with Crippen LogP contribution in [0.2, 0.25) is 0 Å². The number of nitrogens with zero attached hydrogens (tertiary/aromatic N) is 3. The molecule has 2 bridgehead atoms. The van der Waals surface area contributed by atoms with Crippen molar-refractivity contribution in [2.24, 2.45) is 11.8 Å². The number of fused-ring (bicyclic) bond motifs is 3. The average molecular weight is 465 g/mol. The molecule has 2 aromatic rings. The molecule has 2 aliphatic rings. The van der Waals surface area contributed by atoms with E-state index < -0.39 is 0 Å². The van der Waals surface area contributed by atoms with Crippen LogP contribution in [0.3, 0.4) is 0 Å². The van der Waals surface area contributed by atoms with Crippen molar-refractivity contribution in [2.45, 2.75) is 38.6 Å². The molecule has 182 valence electrons. The maximum atomic E-state index is 13.0. The number of amides is 2. The molecule has 1 fully saturated rings. The Hall–Kier alpha value is -2.93. The number of piperidine rings is 1. The van der Waals surface area contributed by atoms with Crippen molar-refractivity contribution in [1.82, 2.24) is 20.1 Å². The topological polar surface area (TPSA) is 74.8 Å². The molecular weight excluding hydrogens is 428 g/mol. The van der Waals surface area contributed by atoms with Crippen molar-refractivity contribution in [3.63, 3.8) is 0 Å². The number of pyridine rings is 1. The average Bonchev–Trinajstić information content (AvgIpc) is 2.87. The fourth-order valence-corrected chi connectivity index (χ4v) is 4.97. The molecule has 1 N–H and O–H groups in total. The minimum Gasteiger partial charge on any atom is -0.493 e. The molecule has 0 aliphatic carbocycles. The first kappa shape index (κ1) is 24.2. The summed E-state index contributed by atoms with van der Waals surface area (Å²) in [7, 11) is 1.88. The summed E-state index contributed by atoms with van der Waals surface area (Å²) < 4.78 is 6.07. The Kier molecular flexibility index (Phi) is 8.52. The molecule has 1 aromatic carbocycles. The first-order valence-corrected chi connectivity index (χ1v) is 12.4. The summed E-state index contributed by atoms with van der Waals surface area (Å²) in [5, 5.41) is 3.28. The highest BCUT2D eigenvalue weighted by Crippen LogP contribution is 2.31. The van der Waals surface area contributed by atoms with Gasteiger partial charge in [-0.15, -0.1) is 0 Å². The summed E-state index contributed by atoms with van der Waals surface area (Å²) >= 11 is 0. The van der Waals surface area contributed by atoms with E-state index >= 15 is 0 Å². The third-order valence-electron chi connectivity index (χ3n) is 7.08. The van der Waals surface area contributed by atoms with Gasteiger partial charge in [0.1, 0.15) is 5.75 Å². The van der Waals surface area contributed by atoms with Gasteiger partial charge in [0.2, 0.25) is 11.8 Å². The maximum Gasteiger partial charge on any atom is 0.236 e. The number of carbonyl (C=O) groups is 2. The molecule has 34 heavy (non-hydrogen) atoms. The normalized spacial score (nSPS) is 21.3. The zero-order chi connectivity index (χ0) is 23.8. The van der Waals surface area contributed by atoms with E-state index in [9.17, 15) is 9.59 Å². The molecule has 4 rings (SSSR count). The van der Waals surface area contributed by atoms with E-state index in [-0.39, 0.29) is 11.8 Å². The largest absolute Gasteiger partial charge is 0.493 e. The van der Waals surface area contributed by atoms with Crippen molar-refractivity contribution >= 4 is 11.8 Å². The van der Waals surface area contributed by atoms with Gasteiger partial charge in [0.25, 0.3) is 0 Å². The highest BCUT2D eigenvalue weighted by atomic mass is 16.5. The summed E-state index contributed by atoms with van der Waals surface area (Å²) in [6.45, 7) is 3.69. The Bertz CT molecular complexity index is 952. The standard InChI is InChI=1S/C27H36N4O3/c1-30(14-12-24-9-4-5-13-29-24)26(32)17-21-11-15-31-20-23(21)8-6-16-34-25-10-3-2-7-22(25)18-28-19-27(31)33/h2-5,7,9-10,13,21,23,28H,6,8,11-12,14-20H2,1H3/t21-,23-/m0/s1. The Morgan fingerprint density at radius 3 is 2.88 bits per heavy atom. The van der Waals surface area contributed by atoms with Crippen molar-refractivity contribution in [2.75, 3.05) is 39.8 Å². The fraction of sp³-hybridized carbons (Fsp3) is 0.519. The van der Waals surface area contributed by atoms with Crippen molar-refractivity contribution in [3.8, 4) is 5.75 Å². The molecule has 7 heteroatoms. The van der Waals surface area contributed by atoms with Gasteiger partial charge < -0.3 is 19.9 Å². The van der Waals surface area contributed by atoms with Crippen LogP contribution in [0.1, 0.15) is 36.9 Å². The van der Waals surface area contributed by atoms with Gasteiger partial charge >= 0.3 is 0 Å². The first-order valence-electron chi connectivity index (χ1n) is 12.4. The number of likely N-dealkylation sites (N-methyl/N-ethyl adjacent to an activating group) is 1. The van der Waals surface area contributed by atoms with Crippen LogP contribution in [0.25, 0.3) is 0 Å². The van der Waals surface area contributed by atoms with E-state index in [1.54, 1.807) is 6.20 Å². The summed E-state index contributed by atoms with van der Waals surface area (Å²) in [4.78, 5) is 34.0. The van der Waals surface area contributed by atoms with E-state index in [4.69, 9.17) is 4.74 Å². The minimum atomic E-state index is 0.139. The Labute approximate surface area is 202 Å². The molecule has 0 radical (unpaired) electrons. The Balaban J connectivity index is 1.35. The number of ether oxygens (including phenoxy) is 1. The summed E-state index contributed by atoms with van der Waals surface area (Å²) in [6, 6.07) is 13.9. The predicted molar refractivity (Wildman–Crippen MR) is 131 cm³/mol. The van der Waals surface area contributed by atoms with Crippen LogP contribution in [0, 0.1) is 11.8 Å². The lowest BCUT2D eigenvalue weighted by atomic mass is 9.80. The molecule has 1 aromatic heterocycles. The van der Waals surface area contributed by atoms with Crippen molar-refractivity contribution in [1.29, 1.82) is 0 Å². The molecule has 7 nitrogen and oxygen atoms in total. The van der Waals surface area contributed by atoms with E-state index in [1.165, 1.54) is 0 Å². The molecule has 2 atom stereocenters. The number of benzene rings is 1. The van der Waals surface area contributed by atoms with Gasteiger partial charge in [0, 0.05) is 63.5 Å². The minimum absolute atomic E-state index is 0.139. The molecular formula is C27H36N4O3. The smallest absolute Gasteiger partial charge is 0.236 e. The lowest BCUT2D eigenvalue weighted by Crippen LogP contribution is -2.47. The van der Waals surface area contributed by atoms with Crippen LogP contribution in [-0.2, 0) is 22.6 Å². The van der Waals surface area contributed by atoms with Gasteiger partial charge in [-0.1, -0.05) is 24.3 Å². The molecule has 0 saturated carbocycles. The van der Waals surface area contributed by atoms with Gasteiger partial charge in [-0.2, -0.15) is 0 Å². The molecule has 1 saturated heterocycles. The van der Waals surface area contributed by atoms with Crippen molar-refractivity contribution in [3.05, 3.63) is 59.9 Å². The third-order valence-corrected chi connectivity index (χ3v) is 7.08.